The van der Waals surface area contributed by atoms with Crippen LogP contribution in [-0.2, 0) is 9.47 Å². The number of nitrogens with one attached hydrogen (secondary N) is 1. The summed E-state index contributed by atoms with van der Waals surface area (Å²) in [4.78, 5) is 0. The van der Waals surface area contributed by atoms with Crippen LogP contribution in [0.5, 0.6) is 0 Å². The Kier molecular flexibility index (Phi) is 7.44. The van der Waals surface area contributed by atoms with E-state index in [0.717, 1.165) is 32.5 Å². The minimum Gasteiger partial charge on any atom is -0.378 e. The second-order valence-electron chi connectivity index (χ2n) is 6.42. The molecule has 2 unspecified atom stereocenters. The molecule has 1 saturated heterocycles. The van der Waals surface area contributed by atoms with Crippen molar-refractivity contribution in [3.8, 4) is 0 Å². The predicted molar refractivity (Wildman–Crippen MR) is 76.3 cm³/mol. The lowest BCUT2D eigenvalue weighted by atomic mass is 9.77. The van der Waals surface area contributed by atoms with Crippen LogP contribution < -0.4 is 5.32 Å². The van der Waals surface area contributed by atoms with E-state index < -0.39 is 12.8 Å². The molecule has 1 rings (SSSR count). The molecule has 6 heteroatoms. The normalized spacial score (nSPS) is 26.7. The third-order valence-corrected chi connectivity index (χ3v) is 4.09. The van der Waals surface area contributed by atoms with Gasteiger partial charge in [-0.2, -0.15) is 13.2 Å². The van der Waals surface area contributed by atoms with E-state index in [2.05, 4.69) is 26.1 Å². The molecule has 0 aliphatic carbocycles. The second kappa shape index (κ2) is 8.34. The largest absolute Gasteiger partial charge is 0.411 e. The molecule has 3 nitrogen and oxygen atoms in total. The lowest BCUT2D eigenvalue weighted by molar-refractivity contribution is -0.174. The summed E-state index contributed by atoms with van der Waals surface area (Å²) >= 11 is 0. The molecule has 0 radical (unpaired) electrons. The van der Waals surface area contributed by atoms with Crippen molar-refractivity contribution >= 4 is 0 Å². The first-order valence-corrected chi connectivity index (χ1v) is 7.72. The maximum absolute atomic E-state index is 12.0. The average molecular weight is 311 g/mol. The zero-order valence-electron chi connectivity index (χ0n) is 13.3. The zero-order valence-corrected chi connectivity index (χ0v) is 13.3. The summed E-state index contributed by atoms with van der Waals surface area (Å²) in [5.41, 5.74) is 0.0243. The van der Waals surface area contributed by atoms with Gasteiger partial charge in [0.2, 0.25) is 0 Å². The van der Waals surface area contributed by atoms with E-state index in [4.69, 9.17) is 9.47 Å². The van der Waals surface area contributed by atoms with Crippen LogP contribution in [0.25, 0.3) is 0 Å². The Hall–Kier alpha value is -0.330. The highest BCUT2D eigenvalue weighted by Crippen LogP contribution is 2.38. The highest BCUT2D eigenvalue weighted by Gasteiger charge is 2.40. The van der Waals surface area contributed by atoms with Crippen molar-refractivity contribution < 1.29 is 22.6 Å². The first kappa shape index (κ1) is 18.7. The van der Waals surface area contributed by atoms with Crippen LogP contribution in [0.3, 0.4) is 0 Å². The third-order valence-electron chi connectivity index (χ3n) is 4.09. The van der Waals surface area contributed by atoms with E-state index in [1.165, 1.54) is 0 Å². The van der Waals surface area contributed by atoms with Gasteiger partial charge in [-0.3, -0.25) is 0 Å². The lowest BCUT2D eigenvalue weighted by Gasteiger charge is -2.33. The van der Waals surface area contributed by atoms with Crippen molar-refractivity contribution in [1.82, 2.24) is 5.32 Å². The Balaban J connectivity index is 2.33. The first-order valence-electron chi connectivity index (χ1n) is 7.72. The van der Waals surface area contributed by atoms with Gasteiger partial charge in [-0.25, -0.2) is 0 Å². The molecule has 0 bridgehead atoms. The topological polar surface area (TPSA) is 30.5 Å². The lowest BCUT2D eigenvalue weighted by Crippen LogP contribution is -2.40. The number of ether oxygens (including phenoxy) is 2. The predicted octanol–water partition coefficient (Wildman–Crippen LogP) is 3.39. The van der Waals surface area contributed by atoms with Crippen molar-refractivity contribution in [3.05, 3.63) is 0 Å². The van der Waals surface area contributed by atoms with Crippen LogP contribution in [0.4, 0.5) is 13.2 Å². The molecular formula is C15H28F3NO2. The van der Waals surface area contributed by atoms with Crippen LogP contribution in [0.15, 0.2) is 0 Å². The summed E-state index contributed by atoms with van der Waals surface area (Å²) in [5.74, 6) is 0.579. The Labute approximate surface area is 125 Å². The molecule has 1 aliphatic rings. The van der Waals surface area contributed by atoms with Crippen molar-refractivity contribution in [1.29, 1.82) is 0 Å². The fourth-order valence-electron chi connectivity index (χ4n) is 2.79. The second-order valence-corrected chi connectivity index (χ2v) is 6.42. The van der Waals surface area contributed by atoms with E-state index in [0.29, 0.717) is 12.3 Å². The number of rotatable bonds is 9. The SMILES string of the molecule is CC(C)CNCC1(CCCOCC(F)(F)F)CCOC1C. The van der Waals surface area contributed by atoms with Gasteiger partial charge in [-0.1, -0.05) is 13.8 Å². The van der Waals surface area contributed by atoms with Crippen molar-refractivity contribution in [2.45, 2.75) is 52.3 Å². The summed E-state index contributed by atoms with van der Waals surface area (Å²) in [6, 6.07) is 0. The quantitative estimate of drug-likeness (QED) is 0.662. The van der Waals surface area contributed by atoms with Crippen LogP contribution >= 0.6 is 0 Å². The first-order chi connectivity index (χ1) is 9.75. The van der Waals surface area contributed by atoms with Gasteiger partial charge in [-0.05, 0) is 38.6 Å². The van der Waals surface area contributed by atoms with Crippen molar-refractivity contribution in [2.75, 3.05) is 32.9 Å². The van der Waals surface area contributed by atoms with Gasteiger partial charge in [0.15, 0.2) is 0 Å². The van der Waals surface area contributed by atoms with Crippen LogP contribution in [0.2, 0.25) is 0 Å². The molecule has 1 fully saturated rings. The maximum Gasteiger partial charge on any atom is 0.411 e. The molecular weight excluding hydrogens is 283 g/mol. The average Bonchev–Trinajstić information content (AvgIpc) is 2.69. The van der Waals surface area contributed by atoms with Gasteiger partial charge < -0.3 is 14.8 Å². The molecule has 1 heterocycles. The standard InChI is InChI=1S/C15H28F3NO2/c1-12(2)9-19-10-14(6-8-21-13(14)3)5-4-7-20-11-15(16,17)18/h12-13,19H,4-11H2,1-3H3. The molecule has 2 atom stereocenters. The number of hydrogen-bond acceptors (Lipinski definition) is 3. The molecule has 0 spiro atoms. The van der Waals surface area contributed by atoms with E-state index >= 15 is 0 Å². The molecule has 0 amide bonds. The molecule has 0 aromatic carbocycles. The Morgan fingerprint density at radius 1 is 1.38 bits per heavy atom. The highest BCUT2D eigenvalue weighted by molar-refractivity contribution is 4.91. The maximum atomic E-state index is 12.0. The van der Waals surface area contributed by atoms with Crippen molar-refractivity contribution in [3.63, 3.8) is 0 Å². The van der Waals surface area contributed by atoms with E-state index in [1.54, 1.807) is 0 Å². The molecule has 0 aromatic heterocycles. The summed E-state index contributed by atoms with van der Waals surface area (Å²) in [6.07, 6.45) is -1.68. The Morgan fingerprint density at radius 3 is 2.62 bits per heavy atom. The van der Waals surface area contributed by atoms with Gasteiger partial charge in [-0.15, -0.1) is 0 Å². The molecule has 21 heavy (non-hydrogen) atoms. The third kappa shape index (κ3) is 6.98. The van der Waals surface area contributed by atoms with Gasteiger partial charge in [0.25, 0.3) is 0 Å². The summed E-state index contributed by atoms with van der Waals surface area (Å²) in [7, 11) is 0. The van der Waals surface area contributed by atoms with Crippen LogP contribution in [-0.4, -0.2) is 45.2 Å². The fourth-order valence-corrected chi connectivity index (χ4v) is 2.79. The van der Waals surface area contributed by atoms with Gasteiger partial charge in [0.1, 0.15) is 6.61 Å². The monoisotopic (exact) mass is 311 g/mol. The minimum atomic E-state index is -4.24. The number of hydrogen-bond donors (Lipinski definition) is 1. The van der Waals surface area contributed by atoms with Gasteiger partial charge >= 0.3 is 6.18 Å². The van der Waals surface area contributed by atoms with Crippen LogP contribution in [0.1, 0.15) is 40.0 Å². The summed E-state index contributed by atoms with van der Waals surface area (Å²) in [5, 5.41) is 3.46. The Morgan fingerprint density at radius 2 is 2.10 bits per heavy atom. The van der Waals surface area contributed by atoms with Crippen molar-refractivity contribution in [2.24, 2.45) is 11.3 Å². The fraction of sp³-hybridized carbons (Fsp3) is 1.00. The highest BCUT2D eigenvalue weighted by atomic mass is 19.4. The van der Waals surface area contributed by atoms with E-state index in [9.17, 15) is 13.2 Å². The van der Waals surface area contributed by atoms with E-state index in [-0.39, 0.29) is 18.1 Å². The molecule has 1 N–H and O–H groups in total. The van der Waals surface area contributed by atoms with Gasteiger partial charge in [0.05, 0.1) is 6.10 Å². The minimum absolute atomic E-state index is 0.0243. The summed E-state index contributed by atoms with van der Waals surface area (Å²) < 4.78 is 46.4. The molecule has 1 aliphatic heterocycles. The molecule has 0 aromatic rings. The van der Waals surface area contributed by atoms with Crippen LogP contribution in [0, 0.1) is 11.3 Å². The summed E-state index contributed by atoms with van der Waals surface area (Å²) in [6.45, 7) is 7.88. The van der Waals surface area contributed by atoms with E-state index in [1.807, 2.05) is 0 Å². The molecule has 0 saturated carbocycles. The number of alkyl halides is 3. The molecule has 126 valence electrons. The van der Waals surface area contributed by atoms with Gasteiger partial charge in [0, 0.05) is 25.2 Å². The zero-order chi connectivity index (χ0) is 15.9. The number of halogens is 3. The Bertz CT molecular complexity index is 297. The smallest absolute Gasteiger partial charge is 0.378 e.